The van der Waals surface area contributed by atoms with Crippen LogP contribution in [0.25, 0.3) is 0 Å². The summed E-state index contributed by atoms with van der Waals surface area (Å²) in [5, 5.41) is 0.398. The van der Waals surface area contributed by atoms with Crippen LogP contribution in [0, 0.1) is 0 Å². The normalized spacial score (nSPS) is 18.5. The van der Waals surface area contributed by atoms with Gasteiger partial charge in [0.25, 0.3) is 5.91 Å². The van der Waals surface area contributed by atoms with Crippen molar-refractivity contribution in [2.24, 2.45) is 0 Å². The Hall–Kier alpha value is -3.21. The zero-order chi connectivity index (χ0) is 30.1. The van der Waals surface area contributed by atoms with E-state index in [9.17, 15) is 9.59 Å². The Bertz CT molecular complexity index is 1180. The Labute approximate surface area is 252 Å². The highest BCUT2D eigenvalue weighted by atomic mass is 35.5. The molecule has 11 heteroatoms. The Morgan fingerprint density at radius 1 is 1.07 bits per heavy atom. The van der Waals surface area contributed by atoms with E-state index in [4.69, 9.17) is 40.0 Å². The molecule has 1 aliphatic carbocycles. The number of hydrogen-bond acceptors (Lipinski definition) is 8. The lowest BCUT2D eigenvalue weighted by Gasteiger charge is -2.39. The Kier molecular flexibility index (Phi) is 11.6. The number of morpholine rings is 1. The molecule has 10 nitrogen and oxygen atoms in total. The molecular formula is C31H41ClN2O8. The van der Waals surface area contributed by atoms with Crippen molar-refractivity contribution in [2.45, 2.75) is 64.0 Å². The van der Waals surface area contributed by atoms with Crippen molar-refractivity contribution in [3.05, 3.63) is 53.1 Å². The first-order valence-corrected chi connectivity index (χ1v) is 14.7. The molecule has 1 heterocycles. The standard InChI is InChI=1S/C31H41ClN2O8/c1-21(2)41-31(36)33-18-25(20-40-24-9-6-5-7-10-24)42-28(19-33)30(35)34(23-11-12-23)17-22-15-26(32)29(38-4)27(16-22)39-14-8-13-37-3/h5-7,9-10,15-16,21,23,25,28H,8,11-14,17-20H2,1-4H3. The highest BCUT2D eigenvalue weighted by molar-refractivity contribution is 6.32. The summed E-state index contributed by atoms with van der Waals surface area (Å²) in [5.41, 5.74) is 0.804. The predicted molar refractivity (Wildman–Crippen MR) is 157 cm³/mol. The van der Waals surface area contributed by atoms with E-state index in [0.717, 1.165) is 18.4 Å². The molecule has 4 rings (SSSR count). The summed E-state index contributed by atoms with van der Waals surface area (Å²) in [4.78, 5) is 30.3. The third-order valence-electron chi connectivity index (χ3n) is 6.86. The van der Waals surface area contributed by atoms with Crippen LogP contribution in [0.3, 0.4) is 0 Å². The fourth-order valence-electron chi connectivity index (χ4n) is 4.76. The lowest BCUT2D eigenvalue weighted by atomic mass is 10.1. The molecule has 0 aromatic heterocycles. The molecule has 2 fully saturated rings. The minimum absolute atomic E-state index is 0.0741. The number of para-hydroxylation sites is 1. The minimum Gasteiger partial charge on any atom is -0.491 e. The summed E-state index contributed by atoms with van der Waals surface area (Å²) < 4.78 is 34.2. The van der Waals surface area contributed by atoms with Crippen LogP contribution < -0.4 is 14.2 Å². The van der Waals surface area contributed by atoms with Crippen LogP contribution in [0.15, 0.2) is 42.5 Å². The monoisotopic (exact) mass is 604 g/mol. The number of hydrogen-bond donors (Lipinski definition) is 0. The molecule has 0 bridgehead atoms. The molecule has 0 spiro atoms. The van der Waals surface area contributed by atoms with Crippen molar-refractivity contribution in [1.82, 2.24) is 9.80 Å². The molecule has 230 valence electrons. The van der Waals surface area contributed by atoms with E-state index in [-0.39, 0.29) is 37.7 Å². The summed E-state index contributed by atoms with van der Waals surface area (Å²) in [5.74, 6) is 1.44. The van der Waals surface area contributed by atoms with E-state index in [1.807, 2.05) is 41.3 Å². The minimum atomic E-state index is -0.873. The van der Waals surface area contributed by atoms with Gasteiger partial charge in [0.05, 0.1) is 37.9 Å². The van der Waals surface area contributed by atoms with E-state index in [2.05, 4.69) is 0 Å². The van der Waals surface area contributed by atoms with Crippen molar-refractivity contribution in [3.63, 3.8) is 0 Å². The summed E-state index contributed by atoms with van der Waals surface area (Å²) in [6.07, 6.45) is 0.328. The van der Waals surface area contributed by atoms with Crippen molar-refractivity contribution in [3.8, 4) is 17.2 Å². The largest absolute Gasteiger partial charge is 0.491 e. The molecule has 2 unspecified atom stereocenters. The Morgan fingerprint density at radius 3 is 2.50 bits per heavy atom. The number of benzene rings is 2. The Morgan fingerprint density at radius 2 is 1.83 bits per heavy atom. The molecule has 0 N–H and O–H groups in total. The molecule has 2 aromatic rings. The molecular weight excluding hydrogens is 564 g/mol. The third kappa shape index (κ3) is 8.89. The first-order valence-electron chi connectivity index (χ1n) is 14.4. The maximum Gasteiger partial charge on any atom is 0.410 e. The zero-order valence-electron chi connectivity index (χ0n) is 24.8. The molecule has 1 aliphatic heterocycles. The van der Waals surface area contributed by atoms with Crippen LogP contribution in [0.1, 0.15) is 38.7 Å². The summed E-state index contributed by atoms with van der Waals surface area (Å²) in [6.45, 7) is 5.42. The quantitative estimate of drug-likeness (QED) is 0.280. The fourth-order valence-corrected chi connectivity index (χ4v) is 5.07. The van der Waals surface area contributed by atoms with Gasteiger partial charge in [-0.25, -0.2) is 4.79 Å². The lowest BCUT2D eigenvalue weighted by molar-refractivity contribution is -0.159. The number of methoxy groups -OCH3 is 2. The van der Waals surface area contributed by atoms with Gasteiger partial charge in [0.15, 0.2) is 17.6 Å². The van der Waals surface area contributed by atoms with Gasteiger partial charge in [-0.2, -0.15) is 0 Å². The molecule has 2 atom stereocenters. The van der Waals surface area contributed by atoms with Crippen LogP contribution in [-0.4, -0.2) is 93.3 Å². The Balaban J connectivity index is 1.50. The number of carbonyl (C=O) groups excluding carboxylic acids is 2. The second-order valence-electron chi connectivity index (χ2n) is 10.7. The van der Waals surface area contributed by atoms with Gasteiger partial charge >= 0.3 is 6.09 Å². The number of carbonyl (C=O) groups is 2. The maximum absolute atomic E-state index is 14.0. The molecule has 2 aliphatic rings. The highest BCUT2D eigenvalue weighted by Crippen LogP contribution is 2.38. The number of nitrogens with zero attached hydrogens (tertiary/aromatic N) is 2. The van der Waals surface area contributed by atoms with E-state index < -0.39 is 18.3 Å². The number of ether oxygens (including phenoxy) is 6. The van der Waals surface area contributed by atoms with Crippen molar-refractivity contribution in [2.75, 3.05) is 47.1 Å². The van der Waals surface area contributed by atoms with E-state index in [0.29, 0.717) is 48.5 Å². The highest BCUT2D eigenvalue weighted by Gasteiger charge is 2.41. The van der Waals surface area contributed by atoms with Crippen LogP contribution in [0.4, 0.5) is 4.79 Å². The second kappa shape index (κ2) is 15.3. The first-order chi connectivity index (χ1) is 20.3. The van der Waals surface area contributed by atoms with Gasteiger partial charge in [-0.15, -0.1) is 0 Å². The topological polar surface area (TPSA) is 96.0 Å². The molecule has 0 radical (unpaired) electrons. The van der Waals surface area contributed by atoms with Gasteiger partial charge in [-0.1, -0.05) is 29.8 Å². The van der Waals surface area contributed by atoms with Crippen molar-refractivity contribution >= 4 is 23.6 Å². The molecule has 1 saturated heterocycles. The number of rotatable bonds is 14. The summed E-state index contributed by atoms with van der Waals surface area (Å²) in [7, 11) is 3.18. The van der Waals surface area contributed by atoms with Crippen LogP contribution >= 0.6 is 11.6 Å². The van der Waals surface area contributed by atoms with Crippen LogP contribution in [0.5, 0.6) is 17.2 Å². The molecule has 2 amide bonds. The molecule has 1 saturated carbocycles. The predicted octanol–water partition coefficient (Wildman–Crippen LogP) is 4.95. The van der Waals surface area contributed by atoms with E-state index in [1.54, 1.807) is 27.0 Å². The smallest absolute Gasteiger partial charge is 0.410 e. The SMILES string of the molecule is COCCCOc1cc(CN(C(=O)C2CN(C(=O)OC(C)C)CC(COc3ccccc3)O2)C2CC2)cc(Cl)c1OC. The lowest BCUT2D eigenvalue weighted by Crippen LogP contribution is -2.57. The second-order valence-corrected chi connectivity index (χ2v) is 11.1. The van der Waals surface area contributed by atoms with Gasteiger partial charge in [-0.05, 0) is 56.5 Å². The van der Waals surface area contributed by atoms with E-state index >= 15 is 0 Å². The van der Waals surface area contributed by atoms with Gasteiger partial charge in [-0.3, -0.25) is 4.79 Å². The summed E-state index contributed by atoms with van der Waals surface area (Å²) >= 11 is 6.55. The molecule has 42 heavy (non-hydrogen) atoms. The third-order valence-corrected chi connectivity index (χ3v) is 7.14. The average molecular weight is 605 g/mol. The van der Waals surface area contributed by atoms with Gasteiger partial charge in [0.1, 0.15) is 18.5 Å². The van der Waals surface area contributed by atoms with Crippen LogP contribution in [0.2, 0.25) is 5.02 Å². The van der Waals surface area contributed by atoms with Gasteiger partial charge in [0.2, 0.25) is 0 Å². The maximum atomic E-state index is 14.0. The van der Waals surface area contributed by atoms with Crippen LogP contribution in [-0.2, 0) is 25.5 Å². The zero-order valence-corrected chi connectivity index (χ0v) is 25.5. The van der Waals surface area contributed by atoms with Crippen molar-refractivity contribution < 1.29 is 38.0 Å². The fraction of sp³-hybridized carbons (Fsp3) is 0.548. The van der Waals surface area contributed by atoms with E-state index in [1.165, 1.54) is 12.0 Å². The van der Waals surface area contributed by atoms with Crippen molar-refractivity contribution in [1.29, 1.82) is 0 Å². The van der Waals surface area contributed by atoms with Gasteiger partial charge in [0, 0.05) is 32.7 Å². The summed E-state index contributed by atoms with van der Waals surface area (Å²) in [6, 6.07) is 13.1. The van der Waals surface area contributed by atoms with Gasteiger partial charge < -0.3 is 38.2 Å². The molecule has 2 aromatic carbocycles. The number of amides is 2. The number of halogens is 1. The average Bonchev–Trinajstić information content (AvgIpc) is 3.82. The first kappa shape index (κ1) is 31.7.